The Bertz CT molecular complexity index is 1920. The summed E-state index contributed by atoms with van der Waals surface area (Å²) < 4.78 is 102. The third-order valence-electron chi connectivity index (χ3n) is 9.70. The van der Waals surface area contributed by atoms with Crippen LogP contribution in [0.25, 0.3) is 32.1 Å². The molecule has 47 heavy (non-hydrogen) atoms. The number of ether oxygens (including phenoxy) is 2. The summed E-state index contributed by atoms with van der Waals surface area (Å²) in [4.78, 5) is 12.6. The number of nitriles is 1. The Balaban J connectivity index is 1.45. The number of hydrogen-bond acceptors (Lipinski definition) is 9. The topological polar surface area (TPSA) is 101 Å². The van der Waals surface area contributed by atoms with Crippen LogP contribution < -0.4 is 15.4 Å². The zero-order valence-corrected chi connectivity index (χ0v) is 26.1. The van der Waals surface area contributed by atoms with Crippen LogP contribution in [-0.4, -0.2) is 72.6 Å². The molecule has 0 unspecified atom stereocenters. The molecule has 3 aliphatic heterocycles. The molecule has 3 fully saturated rings. The first kappa shape index (κ1) is 31.7. The third-order valence-corrected chi connectivity index (χ3v) is 10.7. The van der Waals surface area contributed by atoms with Crippen LogP contribution in [0.1, 0.15) is 43.2 Å². The lowest BCUT2D eigenvalue weighted by molar-refractivity contribution is -0.137. The highest BCUT2D eigenvalue weighted by molar-refractivity contribution is 7.23. The van der Waals surface area contributed by atoms with Gasteiger partial charge in [-0.05, 0) is 49.9 Å². The monoisotopic (exact) mass is 676 g/mol. The van der Waals surface area contributed by atoms with E-state index in [1.165, 1.54) is 0 Å². The van der Waals surface area contributed by atoms with E-state index in [0.717, 1.165) is 24.6 Å². The highest BCUT2D eigenvalue weighted by Crippen LogP contribution is 2.48. The number of nitrogens with zero attached hydrogens (tertiary/aromatic N) is 5. The summed E-state index contributed by atoms with van der Waals surface area (Å²) in [5.74, 6) is -2.11. The maximum atomic E-state index is 16.9. The fourth-order valence-electron chi connectivity index (χ4n) is 7.41. The molecular weight excluding hydrogens is 646 g/mol. The van der Waals surface area contributed by atoms with Crippen molar-refractivity contribution in [1.82, 2.24) is 14.9 Å². The predicted molar refractivity (Wildman–Crippen MR) is 165 cm³/mol. The first-order chi connectivity index (χ1) is 22.4. The second kappa shape index (κ2) is 11.7. The molecule has 15 heteroatoms. The van der Waals surface area contributed by atoms with Gasteiger partial charge in [0.1, 0.15) is 41.0 Å². The molecule has 4 aromatic rings. The Labute approximate surface area is 269 Å². The number of anilines is 2. The van der Waals surface area contributed by atoms with E-state index in [9.17, 15) is 27.2 Å². The van der Waals surface area contributed by atoms with E-state index in [-0.39, 0.29) is 69.0 Å². The van der Waals surface area contributed by atoms with Gasteiger partial charge in [-0.1, -0.05) is 6.07 Å². The van der Waals surface area contributed by atoms with Crippen LogP contribution >= 0.6 is 11.3 Å². The summed E-state index contributed by atoms with van der Waals surface area (Å²) in [5, 5.41) is 9.26. The van der Waals surface area contributed by atoms with Crippen LogP contribution in [0.5, 0.6) is 6.01 Å². The van der Waals surface area contributed by atoms with Crippen molar-refractivity contribution in [2.45, 2.75) is 56.0 Å². The van der Waals surface area contributed by atoms with E-state index in [1.54, 1.807) is 11.9 Å². The molecule has 0 amide bonds. The molecule has 2 aromatic carbocycles. The van der Waals surface area contributed by atoms with Gasteiger partial charge in [0, 0.05) is 55.6 Å². The van der Waals surface area contributed by atoms with Crippen molar-refractivity contribution in [1.29, 1.82) is 5.26 Å². The van der Waals surface area contributed by atoms with Crippen LogP contribution in [0.3, 0.4) is 0 Å². The number of nitrogens with two attached hydrogens (primary N) is 1. The summed E-state index contributed by atoms with van der Waals surface area (Å²) >= 11 is 0.695. The van der Waals surface area contributed by atoms with Gasteiger partial charge in [-0.25, -0.2) is 13.2 Å². The van der Waals surface area contributed by atoms with Crippen molar-refractivity contribution < 1.29 is 35.8 Å². The predicted octanol–water partition coefficient (Wildman–Crippen LogP) is 6.83. The first-order valence-electron chi connectivity index (χ1n) is 15.3. The highest BCUT2D eigenvalue weighted by Gasteiger charge is 2.49. The summed E-state index contributed by atoms with van der Waals surface area (Å²) in [6, 6.07) is 4.11. The molecule has 248 valence electrons. The molecule has 7 rings (SSSR count). The minimum Gasteiger partial charge on any atom is -0.461 e. The summed E-state index contributed by atoms with van der Waals surface area (Å²) in [5.41, 5.74) is 2.08. The van der Waals surface area contributed by atoms with E-state index >= 15 is 4.39 Å². The van der Waals surface area contributed by atoms with E-state index in [1.807, 2.05) is 11.0 Å². The van der Waals surface area contributed by atoms with Crippen molar-refractivity contribution in [2.75, 3.05) is 50.6 Å². The second-order valence-corrected chi connectivity index (χ2v) is 13.5. The number of nitrogen functional groups attached to an aromatic ring is 1. The molecule has 5 heterocycles. The van der Waals surface area contributed by atoms with Crippen molar-refractivity contribution >= 4 is 43.1 Å². The van der Waals surface area contributed by atoms with Gasteiger partial charge in [-0.2, -0.15) is 28.4 Å². The van der Waals surface area contributed by atoms with Gasteiger partial charge in [0.25, 0.3) is 0 Å². The van der Waals surface area contributed by atoms with Crippen LogP contribution in [0, 0.1) is 23.0 Å². The minimum absolute atomic E-state index is 0.0206. The third kappa shape index (κ3) is 5.30. The quantitative estimate of drug-likeness (QED) is 0.222. The molecule has 0 aliphatic carbocycles. The average molecular weight is 677 g/mol. The average Bonchev–Trinajstić information content (AvgIpc) is 3.69. The van der Waals surface area contributed by atoms with Gasteiger partial charge < -0.3 is 20.1 Å². The van der Waals surface area contributed by atoms with Gasteiger partial charge >= 0.3 is 12.2 Å². The smallest absolute Gasteiger partial charge is 0.417 e. The number of hydrogen-bond donors (Lipinski definition) is 1. The van der Waals surface area contributed by atoms with E-state index in [0.29, 0.717) is 50.4 Å². The number of alkyl halides is 4. The number of aromatic nitrogens is 2. The van der Waals surface area contributed by atoms with Crippen LogP contribution in [0.15, 0.2) is 18.2 Å². The SMILES string of the molecule is CN(c1nc(OC[C@@]23CCCN2C[C@H](F)C3)nc2c(F)c(-c3ccc(F)c4sc(N)c(C#N)c34)c(C(F)(F)F)cc12)C1CCOCC1. The van der Waals surface area contributed by atoms with Gasteiger partial charge in [0.05, 0.1) is 21.4 Å². The maximum Gasteiger partial charge on any atom is 0.417 e. The molecular formula is C32H30F6N6O2S. The molecule has 3 aliphatic rings. The van der Waals surface area contributed by atoms with Crippen molar-refractivity contribution in [3.05, 3.63) is 41.0 Å². The molecule has 2 atom stereocenters. The first-order valence-corrected chi connectivity index (χ1v) is 16.1. The summed E-state index contributed by atoms with van der Waals surface area (Å²) in [6.07, 6.45) is -3.17. The Kier molecular flexibility index (Phi) is 7.88. The molecule has 0 bridgehead atoms. The van der Waals surface area contributed by atoms with Gasteiger partial charge in [-0.15, -0.1) is 11.3 Å². The van der Waals surface area contributed by atoms with Crippen molar-refractivity contribution in [3.8, 4) is 23.2 Å². The van der Waals surface area contributed by atoms with Crippen LogP contribution in [-0.2, 0) is 10.9 Å². The van der Waals surface area contributed by atoms with E-state index in [4.69, 9.17) is 15.2 Å². The van der Waals surface area contributed by atoms with Crippen LogP contribution in [0.2, 0.25) is 0 Å². The lowest BCUT2D eigenvalue weighted by Crippen LogP contribution is -2.43. The summed E-state index contributed by atoms with van der Waals surface area (Å²) in [6.45, 7) is 1.88. The molecule has 8 nitrogen and oxygen atoms in total. The number of rotatable bonds is 6. The normalized spacial score (nSPS) is 22.2. The lowest BCUT2D eigenvalue weighted by Gasteiger charge is -2.33. The molecule has 3 saturated heterocycles. The minimum atomic E-state index is -5.07. The largest absolute Gasteiger partial charge is 0.461 e. The van der Waals surface area contributed by atoms with Crippen molar-refractivity contribution in [3.63, 3.8) is 0 Å². The standard InChI is InChI=1S/C32H30F6N6O2S/c1-43(17-5-9-45-10-6-17)29-19-11-21(32(36,37)38)24(18-3-4-22(34)27-23(18)20(13-39)28(40)47-27)25(35)26(19)41-30(42-29)46-15-31-7-2-8-44(31)14-16(33)12-31/h3-4,11,16-17H,2,5-10,12,14-15,40H2,1H3/t16-,31+/m1/s1. The molecule has 2 aromatic heterocycles. The number of fused-ring (bicyclic) bond motifs is 3. The summed E-state index contributed by atoms with van der Waals surface area (Å²) in [7, 11) is 1.67. The Hall–Kier alpha value is -3.87. The number of thiophene rings is 1. The van der Waals surface area contributed by atoms with E-state index < -0.39 is 46.2 Å². The van der Waals surface area contributed by atoms with Crippen molar-refractivity contribution in [2.24, 2.45) is 0 Å². The number of halogens is 6. The fraction of sp³-hybridized carbons (Fsp3) is 0.469. The van der Waals surface area contributed by atoms with Gasteiger partial charge in [0.2, 0.25) is 0 Å². The fourth-order valence-corrected chi connectivity index (χ4v) is 8.36. The zero-order valence-electron chi connectivity index (χ0n) is 25.3. The number of benzene rings is 2. The zero-order chi connectivity index (χ0) is 33.2. The molecule has 2 N–H and O–H groups in total. The molecule has 0 spiro atoms. The Morgan fingerprint density at radius 3 is 2.72 bits per heavy atom. The van der Waals surface area contributed by atoms with Crippen LogP contribution in [0.4, 0.5) is 37.2 Å². The Morgan fingerprint density at radius 1 is 1.23 bits per heavy atom. The van der Waals surface area contributed by atoms with E-state index in [2.05, 4.69) is 9.97 Å². The van der Waals surface area contributed by atoms with Gasteiger partial charge in [0.15, 0.2) is 5.82 Å². The molecule has 0 saturated carbocycles. The second-order valence-electron chi connectivity index (χ2n) is 12.4. The van der Waals surface area contributed by atoms with Gasteiger partial charge in [-0.3, -0.25) is 4.90 Å². The Morgan fingerprint density at radius 2 is 2.00 bits per heavy atom. The molecule has 0 radical (unpaired) electrons. The lowest BCUT2D eigenvalue weighted by atomic mass is 9.92. The maximum absolute atomic E-state index is 16.9. The highest BCUT2D eigenvalue weighted by atomic mass is 32.1.